The molecular weight excluding hydrogens is 292 g/mol. The molecule has 0 radical (unpaired) electrons. The molecule has 0 aromatic heterocycles. The highest BCUT2D eigenvalue weighted by Crippen LogP contribution is 2.41. The largest absolute Gasteiger partial charge is 0.142 e. The summed E-state index contributed by atoms with van der Waals surface area (Å²) in [5, 5.41) is 4.70. The molecule has 0 heterocycles. The van der Waals surface area contributed by atoms with E-state index in [4.69, 9.17) is 0 Å². The van der Waals surface area contributed by atoms with Crippen LogP contribution >= 0.6 is 0 Å². The highest BCUT2D eigenvalue weighted by Gasteiger charge is 2.42. The van der Waals surface area contributed by atoms with Crippen molar-refractivity contribution in [3.63, 3.8) is 0 Å². The molecule has 1 heteroatoms. The third kappa shape index (κ3) is 2.44. The van der Waals surface area contributed by atoms with Crippen LogP contribution in [0.15, 0.2) is 82.6 Å². The van der Waals surface area contributed by atoms with Crippen molar-refractivity contribution in [1.29, 1.82) is 0 Å². The van der Waals surface area contributed by atoms with E-state index in [2.05, 4.69) is 94.9 Å². The van der Waals surface area contributed by atoms with Crippen LogP contribution in [-0.2, 0) is 0 Å². The summed E-state index contributed by atoms with van der Waals surface area (Å²) in [6, 6.07) is 22.3. The number of allylic oxidation sites excluding steroid dienone is 4. The van der Waals surface area contributed by atoms with Crippen LogP contribution in [0.4, 0.5) is 0 Å². The van der Waals surface area contributed by atoms with Crippen LogP contribution in [0.3, 0.4) is 0 Å². The molecule has 0 aliphatic heterocycles. The van der Waals surface area contributed by atoms with Crippen LogP contribution in [0, 0.1) is 5.92 Å². The molecule has 0 bridgehead atoms. The molecular formula is C22H26Si. The second-order valence-corrected chi connectivity index (χ2v) is 10.9. The van der Waals surface area contributed by atoms with Crippen molar-refractivity contribution in [3.05, 3.63) is 82.6 Å². The number of hydrogen-bond acceptors (Lipinski definition) is 0. The number of rotatable bonds is 3. The Morgan fingerprint density at radius 2 is 1.13 bits per heavy atom. The third-order valence-electron chi connectivity index (χ3n) is 5.88. The summed E-state index contributed by atoms with van der Waals surface area (Å²) in [4.78, 5) is 0. The Bertz CT molecular complexity index is 727. The molecule has 1 atom stereocenters. The standard InChI is InChI=1S/C22H26Si/c1-16-17(2)19(4)22(18(16)3)23(5,20-12-8-6-9-13-20)21-14-10-7-11-15-21/h6-15,18H,1-5H3. The van der Waals surface area contributed by atoms with Crippen molar-refractivity contribution in [3.8, 4) is 0 Å². The van der Waals surface area contributed by atoms with Gasteiger partial charge in [-0.2, -0.15) is 0 Å². The molecule has 0 fully saturated rings. The van der Waals surface area contributed by atoms with E-state index < -0.39 is 8.07 Å². The van der Waals surface area contributed by atoms with Crippen molar-refractivity contribution < 1.29 is 0 Å². The molecule has 1 unspecified atom stereocenters. The smallest absolute Gasteiger partial charge is 0.0636 e. The van der Waals surface area contributed by atoms with Crippen LogP contribution in [0.25, 0.3) is 0 Å². The first-order valence-electron chi connectivity index (χ1n) is 8.48. The summed E-state index contributed by atoms with van der Waals surface area (Å²) < 4.78 is 0. The highest BCUT2D eigenvalue weighted by molar-refractivity contribution is 7.06. The van der Waals surface area contributed by atoms with Gasteiger partial charge in [-0.1, -0.05) is 90.5 Å². The monoisotopic (exact) mass is 318 g/mol. The maximum absolute atomic E-state index is 2.53. The van der Waals surface area contributed by atoms with Gasteiger partial charge in [0.2, 0.25) is 0 Å². The van der Waals surface area contributed by atoms with Crippen molar-refractivity contribution in [2.75, 3.05) is 0 Å². The van der Waals surface area contributed by atoms with Gasteiger partial charge in [0.15, 0.2) is 0 Å². The van der Waals surface area contributed by atoms with E-state index in [9.17, 15) is 0 Å². The van der Waals surface area contributed by atoms with Gasteiger partial charge in [0.1, 0.15) is 8.07 Å². The van der Waals surface area contributed by atoms with E-state index in [0.717, 1.165) is 0 Å². The molecule has 0 amide bonds. The zero-order chi connectivity index (χ0) is 16.6. The van der Waals surface area contributed by atoms with E-state index >= 15 is 0 Å². The van der Waals surface area contributed by atoms with Crippen LogP contribution in [0.5, 0.6) is 0 Å². The second-order valence-electron chi connectivity index (χ2n) is 6.93. The predicted molar refractivity (Wildman–Crippen MR) is 104 cm³/mol. The minimum Gasteiger partial charge on any atom is -0.0636 e. The molecule has 3 rings (SSSR count). The summed E-state index contributed by atoms with van der Waals surface area (Å²) in [6.07, 6.45) is 0. The number of benzene rings is 2. The molecule has 1 aliphatic rings. The molecule has 1 aliphatic carbocycles. The van der Waals surface area contributed by atoms with E-state index in [1.807, 2.05) is 0 Å². The molecule has 0 saturated carbocycles. The molecule has 2 aromatic rings. The summed E-state index contributed by atoms with van der Waals surface area (Å²) >= 11 is 0. The van der Waals surface area contributed by atoms with E-state index in [0.29, 0.717) is 5.92 Å². The van der Waals surface area contributed by atoms with E-state index in [-0.39, 0.29) is 0 Å². The van der Waals surface area contributed by atoms with Gasteiger partial charge in [-0.15, -0.1) is 0 Å². The number of hydrogen-bond donors (Lipinski definition) is 0. The fourth-order valence-electron chi connectivity index (χ4n) is 4.19. The van der Waals surface area contributed by atoms with Gasteiger partial charge in [-0.25, -0.2) is 0 Å². The lowest BCUT2D eigenvalue weighted by Crippen LogP contribution is -2.58. The van der Waals surface area contributed by atoms with Crippen molar-refractivity contribution >= 4 is 18.4 Å². The Hall–Kier alpha value is -1.86. The van der Waals surface area contributed by atoms with Gasteiger partial charge < -0.3 is 0 Å². The first-order chi connectivity index (χ1) is 11.0. The SMILES string of the molecule is CC1=C(C)C(C)C([Si](C)(c2ccccc2)c2ccccc2)=C1C. The fraction of sp³-hybridized carbons (Fsp3) is 0.273. The lowest BCUT2D eigenvalue weighted by Gasteiger charge is -2.34. The topological polar surface area (TPSA) is 0 Å². The predicted octanol–water partition coefficient (Wildman–Crippen LogP) is 4.72. The first-order valence-corrected chi connectivity index (χ1v) is 11.0. The summed E-state index contributed by atoms with van der Waals surface area (Å²) in [5.41, 5.74) is 4.57. The average Bonchev–Trinajstić information content (AvgIpc) is 2.79. The lowest BCUT2D eigenvalue weighted by atomic mass is 10.1. The maximum Gasteiger partial charge on any atom is 0.142 e. The summed E-state index contributed by atoms with van der Waals surface area (Å²) in [6.45, 7) is 11.8. The van der Waals surface area contributed by atoms with Crippen molar-refractivity contribution in [2.24, 2.45) is 5.92 Å². The highest BCUT2D eigenvalue weighted by atomic mass is 28.3. The van der Waals surface area contributed by atoms with E-state index in [1.54, 1.807) is 10.8 Å². The Morgan fingerprint density at radius 3 is 1.48 bits per heavy atom. The lowest BCUT2D eigenvalue weighted by molar-refractivity contribution is 0.850. The minimum absolute atomic E-state index is 0.548. The van der Waals surface area contributed by atoms with Gasteiger partial charge in [-0.05, 0) is 42.6 Å². The van der Waals surface area contributed by atoms with Gasteiger partial charge in [0.05, 0.1) is 0 Å². The Morgan fingerprint density at radius 1 is 0.696 bits per heavy atom. The molecule has 23 heavy (non-hydrogen) atoms. The van der Waals surface area contributed by atoms with Gasteiger partial charge in [0, 0.05) is 0 Å². The maximum atomic E-state index is 2.53. The zero-order valence-electron chi connectivity index (χ0n) is 14.9. The Labute approximate surface area is 141 Å². The molecule has 0 N–H and O–H groups in total. The van der Waals surface area contributed by atoms with Gasteiger partial charge in [0.25, 0.3) is 0 Å². The van der Waals surface area contributed by atoms with Crippen LogP contribution < -0.4 is 10.4 Å². The van der Waals surface area contributed by atoms with Crippen molar-refractivity contribution in [2.45, 2.75) is 34.2 Å². The van der Waals surface area contributed by atoms with Gasteiger partial charge >= 0.3 is 0 Å². The van der Waals surface area contributed by atoms with E-state index in [1.165, 1.54) is 21.5 Å². The second kappa shape index (κ2) is 5.97. The average molecular weight is 319 g/mol. The molecule has 2 aromatic carbocycles. The zero-order valence-corrected chi connectivity index (χ0v) is 15.9. The molecule has 0 nitrogen and oxygen atoms in total. The van der Waals surface area contributed by atoms with Crippen LogP contribution in [0.1, 0.15) is 27.7 Å². The quantitative estimate of drug-likeness (QED) is 0.718. The Kier molecular flexibility index (Phi) is 4.16. The van der Waals surface area contributed by atoms with Gasteiger partial charge in [-0.3, -0.25) is 0 Å². The van der Waals surface area contributed by atoms with Crippen molar-refractivity contribution in [1.82, 2.24) is 0 Å². The third-order valence-corrected chi connectivity index (χ3v) is 10.7. The van der Waals surface area contributed by atoms with Crippen LogP contribution in [-0.4, -0.2) is 8.07 Å². The summed E-state index contributed by atoms with van der Waals surface area (Å²) in [5.74, 6) is 0.548. The minimum atomic E-state index is -1.94. The normalized spacial score (nSPS) is 18.7. The van der Waals surface area contributed by atoms with Crippen LogP contribution in [0.2, 0.25) is 6.55 Å². The first kappa shape index (κ1) is 16.0. The Balaban J connectivity index is 2.28. The molecule has 0 saturated heterocycles. The summed E-state index contributed by atoms with van der Waals surface area (Å²) in [7, 11) is -1.94. The molecule has 0 spiro atoms. The molecule has 118 valence electrons. The fourth-order valence-corrected chi connectivity index (χ4v) is 8.89.